The van der Waals surface area contributed by atoms with Crippen molar-refractivity contribution in [3.63, 3.8) is 0 Å². The van der Waals surface area contributed by atoms with Gasteiger partial charge in [0.05, 0.1) is 0 Å². The van der Waals surface area contributed by atoms with Crippen molar-refractivity contribution in [2.45, 2.75) is 19.3 Å². The third-order valence-corrected chi connectivity index (χ3v) is 2.71. The van der Waals surface area contributed by atoms with Crippen LogP contribution in [-0.4, -0.2) is 24.0 Å². The maximum Gasteiger partial charge on any atom is 0.236 e. The molecule has 1 heterocycles. The lowest BCUT2D eigenvalue weighted by molar-refractivity contribution is -0.136. The first kappa shape index (κ1) is 11.1. The standard InChI is InChI=1S/C12H15FN2O/c13-11-5-3-10(4-6-11)7-9-15-12(16)2-1-8-14-15/h3-6,14H,1-2,7-9H2. The number of benzene rings is 1. The molecule has 86 valence electrons. The van der Waals surface area contributed by atoms with Gasteiger partial charge in [-0.1, -0.05) is 12.1 Å². The molecule has 0 bridgehead atoms. The second-order valence-corrected chi connectivity index (χ2v) is 3.93. The number of carbonyl (C=O) groups is 1. The normalized spacial score (nSPS) is 16.6. The summed E-state index contributed by atoms with van der Waals surface area (Å²) in [5, 5.41) is 1.66. The molecule has 4 heteroatoms. The molecule has 1 N–H and O–H groups in total. The maximum absolute atomic E-state index is 12.7. The summed E-state index contributed by atoms with van der Waals surface area (Å²) in [4.78, 5) is 11.5. The van der Waals surface area contributed by atoms with Crippen molar-refractivity contribution >= 4 is 5.91 Å². The summed E-state index contributed by atoms with van der Waals surface area (Å²) in [6, 6.07) is 6.40. The van der Waals surface area contributed by atoms with Crippen LogP contribution in [0.4, 0.5) is 4.39 Å². The first-order valence-electron chi connectivity index (χ1n) is 5.54. The Balaban J connectivity index is 1.86. The Morgan fingerprint density at radius 1 is 1.31 bits per heavy atom. The fraction of sp³-hybridized carbons (Fsp3) is 0.417. The monoisotopic (exact) mass is 222 g/mol. The number of hydrogen-bond donors (Lipinski definition) is 1. The van der Waals surface area contributed by atoms with Gasteiger partial charge in [-0.3, -0.25) is 9.80 Å². The predicted octanol–water partition coefficient (Wildman–Crippen LogP) is 1.50. The van der Waals surface area contributed by atoms with E-state index in [1.165, 1.54) is 12.1 Å². The van der Waals surface area contributed by atoms with Crippen LogP contribution in [0.3, 0.4) is 0 Å². The lowest BCUT2D eigenvalue weighted by Crippen LogP contribution is -2.47. The van der Waals surface area contributed by atoms with Gasteiger partial charge < -0.3 is 0 Å². The zero-order valence-corrected chi connectivity index (χ0v) is 9.08. The van der Waals surface area contributed by atoms with Gasteiger partial charge in [-0.15, -0.1) is 0 Å². The van der Waals surface area contributed by atoms with Gasteiger partial charge in [-0.25, -0.2) is 9.82 Å². The minimum Gasteiger partial charge on any atom is -0.278 e. The van der Waals surface area contributed by atoms with Crippen molar-refractivity contribution < 1.29 is 9.18 Å². The van der Waals surface area contributed by atoms with Crippen LogP contribution in [0.1, 0.15) is 18.4 Å². The van der Waals surface area contributed by atoms with Crippen LogP contribution in [-0.2, 0) is 11.2 Å². The van der Waals surface area contributed by atoms with Gasteiger partial charge in [0.1, 0.15) is 5.82 Å². The van der Waals surface area contributed by atoms with Crippen LogP contribution >= 0.6 is 0 Å². The van der Waals surface area contributed by atoms with E-state index in [0.717, 1.165) is 24.9 Å². The molecule has 1 aromatic rings. The molecule has 0 saturated carbocycles. The van der Waals surface area contributed by atoms with Crippen molar-refractivity contribution in [1.29, 1.82) is 0 Å². The van der Waals surface area contributed by atoms with E-state index in [1.54, 1.807) is 17.1 Å². The highest BCUT2D eigenvalue weighted by Crippen LogP contribution is 2.06. The van der Waals surface area contributed by atoms with Crippen LogP contribution < -0.4 is 5.43 Å². The zero-order valence-electron chi connectivity index (χ0n) is 9.08. The second kappa shape index (κ2) is 5.07. The van der Waals surface area contributed by atoms with Crippen molar-refractivity contribution in [2.75, 3.05) is 13.1 Å². The lowest BCUT2D eigenvalue weighted by Gasteiger charge is -2.27. The summed E-state index contributed by atoms with van der Waals surface area (Å²) in [5.74, 6) is -0.0794. The van der Waals surface area contributed by atoms with E-state index < -0.39 is 0 Å². The van der Waals surface area contributed by atoms with Crippen LogP contribution in [0.2, 0.25) is 0 Å². The SMILES string of the molecule is O=C1CCCNN1CCc1ccc(F)cc1. The third kappa shape index (κ3) is 2.79. The van der Waals surface area contributed by atoms with Crippen LogP contribution in [0, 0.1) is 5.82 Å². The molecule has 1 fully saturated rings. The van der Waals surface area contributed by atoms with Crippen molar-refractivity contribution in [1.82, 2.24) is 10.4 Å². The molecule has 1 saturated heterocycles. The van der Waals surface area contributed by atoms with Crippen LogP contribution in [0.15, 0.2) is 24.3 Å². The highest BCUT2D eigenvalue weighted by molar-refractivity contribution is 5.76. The number of halogens is 1. The average Bonchev–Trinajstić information content (AvgIpc) is 2.30. The summed E-state index contributed by atoms with van der Waals surface area (Å²) in [7, 11) is 0. The summed E-state index contributed by atoms with van der Waals surface area (Å²) in [6.45, 7) is 1.50. The minimum atomic E-state index is -0.226. The minimum absolute atomic E-state index is 0.147. The molecular formula is C12H15FN2O. The van der Waals surface area contributed by atoms with Crippen molar-refractivity contribution in [3.8, 4) is 0 Å². The Kier molecular flexibility index (Phi) is 3.51. The van der Waals surface area contributed by atoms with Gasteiger partial charge >= 0.3 is 0 Å². The smallest absolute Gasteiger partial charge is 0.236 e. The molecule has 1 aliphatic heterocycles. The van der Waals surface area contributed by atoms with E-state index in [-0.39, 0.29) is 11.7 Å². The van der Waals surface area contributed by atoms with Gasteiger partial charge in [0.25, 0.3) is 0 Å². The van der Waals surface area contributed by atoms with Gasteiger partial charge in [0.15, 0.2) is 0 Å². The molecule has 16 heavy (non-hydrogen) atoms. The lowest BCUT2D eigenvalue weighted by atomic mass is 10.1. The number of nitrogens with one attached hydrogen (secondary N) is 1. The summed E-state index contributed by atoms with van der Waals surface area (Å²) < 4.78 is 12.7. The number of rotatable bonds is 3. The van der Waals surface area contributed by atoms with E-state index in [1.807, 2.05) is 0 Å². The highest BCUT2D eigenvalue weighted by Gasteiger charge is 2.16. The average molecular weight is 222 g/mol. The summed E-state index contributed by atoms with van der Waals surface area (Å²) >= 11 is 0. The number of nitrogens with zero attached hydrogens (tertiary/aromatic N) is 1. The molecule has 1 aliphatic rings. The number of hydrazine groups is 1. The molecular weight excluding hydrogens is 207 g/mol. The molecule has 0 spiro atoms. The third-order valence-electron chi connectivity index (χ3n) is 2.71. The molecule has 3 nitrogen and oxygen atoms in total. The first-order valence-corrected chi connectivity index (χ1v) is 5.54. The molecule has 0 radical (unpaired) electrons. The van der Waals surface area contributed by atoms with Crippen molar-refractivity contribution in [3.05, 3.63) is 35.6 Å². The van der Waals surface area contributed by atoms with E-state index in [4.69, 9.17) is 0 Å². The molecule has 1 amide bonds. The molecule has 0 atom stereocenters. The van der Waals surface area contributed by atoms with Crippen LogP contribution in [0.25, 0.3) is 0 Å². The number of hydrogen-bond acceptors (Lipinski definition) is 2. The maximum atomic E-state index is 12.7. The summed E-state index contributed by atoms with van der Waals surface area (Å²) in [5.41, 5.74) is 4.10. The molecule has 2 rings (SSSR count). The highest BCUT2D eigenvalue weighted by atomic mass is 19.1. The number of amides is 1. The first-order chi connectivity index (χ1) is 7.75. The van der Waals surface area contributed by atoms with E-state index in [9.17, 15) is 9.18 Å². The molecule has 0 aromatic heterocycles. The van der Waals surface area contributed by atoms with Gasteiger partial charge in [-0.2, -0.15) is 0 Å². The van der Waals surface area contributed by atoms with Gasteiger partial charge in [0.2, 0.25) is 5.91 Å². The Bertz CT molecular complexity index is 364. The van der Waals surface area contributed by atoms with E-state index in [2.05, 4.69) is 5.43 Å². The molecule has 0 unspecified atom stereocenters. The quantitative estimate of drug-likeness (QED) is 0.840. The van der Waals surface area contributed by atoms with Crippen molar-refractivity contribution in [2.24, 2.45) is 0 Å². The van der Waals surface area contributed by atoms with Gasteiger partial charge in [0, 0.05) is 19.5 Å². The van der Waals surface area contributed by atoms with Gasteiger partial charge in [-0.05, 0) is 30.5 Å². The van der Waals surface area contributed by atoms with E-state index >= 15 is 0 Å². The predicted molar refractivity (Wildman–Crippen MR) is 59.1 cm³/mol. The second-order valence-electron chi connectivity index (χ2n) is 3.93. The summed E-state index contributed by atoms with van der Waals surface area (Å²) in [6.07, 6.45) is 2.28. The zero-order chi connectivity index (χ0) is 11.4. The molecule has 0 aliphatic carbocycles. The fourth-order valence-corrected chi connectivity index (χ4v) is 1.77. The Labute approximate surface area is 94.2 Å². The largest absolute Gasteiger partial charge is 0.278 e. The number of carbonyl (C=O) groups excluding carboxylic acids is 1. The topological polar surface area (TPSA) is 32.3 Å². The molecule has 1 aromatic carbocycles. The Morgan fingerprint density at radius 3 is 2.75 bits per heavy atom. The van der Waals surface area contributed by atoms with E-state index in [0.29, 0.717) is 13.0 Å². The van der Waals surface area contributed by atoms with Crippen LogP contribution in [0.5, 0.6) is 0 Å². The Morgan fingerprint density at radius 2 is 2.06 bits per heavy atom. The Hall–Kier alpha value is -1.42. The fourth-order valence-electron chi connectivity index (χ4n) is 1.77.